The van der Waals surface area contributed by atoms with E-state index in [-0.39, 0.29) is 48.8 Å². The summed E-state index contributed by atoms with van der Waals surface area (Å²) in [5.41, 5.74) is 0.797. The summed E-state index contributed by atoms with van der Waals surface area (Å²) in [4.78, 5) is 17.7. The van der Waals surface area contributed by atoms with Crippen molar-refractivity contribution in [1.82, 2.24) is 30.0 Å². The van der Waals surface area contributed by atoms with Crippen molar-refractivity contribution in [3.63, 3.8) is 0 Å². The molecule has 0 amide bonds. The van der Waals surface area contributed by atoms with Crippen LogP contribution in [0.25, 0.3) is 33.1 Å². The Bertz CT molecular complexity index is 1800. The van der Waals surface area contributed by atoms with Gasteiger partial charge in [0.2, 0.25) is 0 Å². The van der Waals surface area contributed by atoms with E-state index in [0.29, 0.717) is 83.8 Å². The van der Waals surface area contributed by atoms with Crippen molar-refractivity contribution in [2.75, 3.05) is 58.0 Å². The predicted octanol–water partition coefficient (Wildman–Crippen LogP) is 5.79. The Labute approximate surface area is 275 Å². The summed E-state index contributed by atoms with van der Waals surface area (Å²) in [6.45, 7) is 3.94. The lowest BCUT2D eigenvalue weighted by Crippen LogP contribution is -2.59. The summed E-state index contributed by atoms with van der Waals surface area (Å²) in [5.74, 6) is -3.03. The van der Waals surface area contributed by atoms with Crippen molar-refractivity contribution in [2.45, 2.75) is 63.3 Å². The fraction of sp³-hybridized carbons (Fsp3) is 0.576. The predicted molar refractivity (Wildman–Crippen MR) is 173 cm³/mol. The van der Waals surface area contributed by atoms with E-state index in [0.717, 1.165) is 19.3 Å². The molecule has 2 N–H and O–H groups in total. The van der Waals surface area contributed by atoms with Gasteiger partial charge in [-0.25, -0.2) is 13.2 Å². The third-order valence-corrected chi connectivity index (χ3v) is 10.8. The number of ether oxygens (including phenoxy) is 2. The zero-order valence-electron chi connectivity index (χ0n) is 26.6. The van der Waals surface area contributed by atoms with Crippen LogP contribution in [0.5, 0.6) is 6.01 Å². The highest BCUT2D eigenvalue weighted by molar-refractivity contribution is 6.33. The van der Waals surface area contributed by atoms with Gasteiger partial charge in [-0.05, 0) is 50.2 Å². The van der Waals surface area contributed by atoms with Crippen LogP contribution in [0.15, 0.2) is 18.5 Å². The number of benzene rings is 1. The van der Waals surface area contributed by atoms with Gasteiger partial charge in [0.15, 0.2) is 5.82 Å². The number of piperidine rings is 1. The maximum atomic E-state index is 17.0. The average molecular weight is 674 g/mol. The number of rotatable bonds is 11. The molecule has 2 unspecified atom stereocenters. The van der Waals surface area contributed by atoms with Crippen LogP contribution >= 0.6 is 11.6 Å². The van der Waals surface area contributed by atoms with Gasteiger partial charge in [-0.2, -0.15) is 15.1 Å². The molecule has 3 aromatic heterocycles. The SMILES string of the molecule is CCC1(CO)CCCN(c2nc(OCC34CCN3CC(F)(F)C4)nc3c(F)c(-c4c(CCCOC)c(Cl)cc5[nH]ncc45)ncc23)C1. The third kappa shape index (κ3) is 5.68. The number of halogens is 4. The van der Waals surface area contributed by atoms with E-state index in [1.807, 2.05) is 11.8 Å². The Kier molecular flexibility index (Phi) is 8.47. The summed E-state index contributed by atoms with van der Waals surface area (Å²) in [6.07, 6.45) is 7.07. The lowest BCUT2D eigenvalue weighted by atomic mass is 9.78. The van der Waals surface area contributed by atoms with Gasteiger partial charge in [0.05, 0.1) is 35.8 Å². The molecule has 7 rings (SSSR count). The van der Waals surface area contributed by atoms with Crippen LogP contribution in [0.1, 0.15) is 51.0 Å². The normalized spacial score (nSPS) is 24.2. The Balaban J connectivity index is 1.35. The molecule has 4 aromatic rings. The number of hydrogen-bond acceptors (Lipinski definition) is 9. The molecular formula is C33H39ClF3N7O3. The Morgan fingerprint density at radius 3 is 2.70 bits per heavy atom. The molecule has 6 heterocycles. The molecular weight excluding hydrogens is 635 g/mol. The van der Waals surface area contributed by atoms with E-state index >= 15 is 4.39 Å². The largest absolute Gasteiger partial charge is 0.461 e. The minimum Gasteiger partial charge on any atom is -0.461 e. The lowest BCUT2D eigenvalue weighted by molar-refractivity contribution is -0.0132. The van der Waals surface area contributed by atoms with Crippen LogP contribution < -0.4 is 9.64 Å². The standard InChI is InChI=1S/C33H39ClF3N7O3/c1-3-31(18-45)7-5-9-43(16-31)29-22-13-38-28(25-20(6-4-11-46-2)23(34)12-24-21(25)14-39-42-24)26(35)27(22)40-30(41-29)47-19-32-8-10-44(32)17-33(36,37)15-32/h12-14,45H,3-11,15-19H2,1-2H3,(H,39,42). The lowest BCUT2D eigenvalue weighted by Gasteiger charge is -2.46. The number of nitrogens with one attached hydrogen (secondary N) is 1. The fourth-order valence-corrected chi connectivity index (χ4v) is 7.99. The second-order valence-corrected chi connectivity index (χ2v) is 13.8. The van der Waals surface area contributed by atoms with Crippen LogP contribution in [0.4, 0.5) is 19.0 Å². The van der Waals surface area contributed by atoms with E-state index in [2.05, 4.69) is 20.2 Å². The number of methoxy groups -OCH3 is 1. The number of fused-ring (bicyclic) bond motifs is 3. The summed E-state index contributed by atoms with van der Waals surface area (Å²) in [6, 6.07) is 1.69. The molecule has 0 aliphatic carbocycles. The summed E-state index contributed by atoms with van der Waals surface area (Å²) < 4.78 is 57.1. The first-order valence-corrected chi connectivity index (χ1v) is 16.6. The van der Waals surface area contributed by atoms with E-state index in [9.17, 15) is 13.9 Å². The number of anilines is 1. The zero-order valence-corrected chi connectivity index (χ0v) is 27.3. The fourth-order valence-electron chi connectivity index (χ4n) is 7.69. The van der Waals surface area contributed by atoms with Crippen LogP contribution in [0.2, 0.25) is 5.02 Å². The highest BCUT2D eigenvalue weighted by Gasteiger charge is 2.60. The van der Waals surface area contributed by atoms with Gasteiger partial charge < -0.3 is 19.5 Å². The molecule has 0 radical (unpaired) electrons. The van der Waals surface area contributed by atoms with Crippen molar-refractivity contribution < 1.29 is 27.8 Å². The second-order valence-electron chi connectivity index (χ2n) is 13.4. The minimum atomic E-state index is -2.79. The minimum absolute atomic E-state index is 0.00542. The highest BCUT2D eigenvalue weighted by atomic mass is 35.5. The van der Waals surface area contributed by atoms with Crippen molar-refractivity contribution in [1.29, 1.82) is 0 Å². The molecule has 0 spiro atoms. The number of alkyl halides is 2. The van der Waals surface area contributed by atoms with Crippen molar-refractivity contribution in [3.8, 4) is 17.3 Å². The molecule has 10 nitrogen and oxygen atoms in total. The van der Waals surface area contributed by atoms with Gasteiger partial charge in [0.25, 0.3) is 5.92 Å². The maximum Gasteiger partial charge on any atom is 0.319 e. The smallest absolute Gasteiger partial charge is 0.319 e. The van der Waals surface area contributed by atoms with Crippen molar-refractivity contribution >= 4 is 39.2 Å². The first-order chi connectivity index (χ1) is 22.6. The molecule has 47 heavy (non-hydrogen) atoms. The number of aliphatic hydroxyl groups is 1. The van der Waals surface area contributed by atoms with Crippen LogP contribution in [-0.2, 0) is 11.2 Å². The molecule has 3 aliphatic rings. The highest BCUT2D eigenvalue weighted by Crippen LogP contribution is 2.48. The van der Waals surface area contributed by atoms with Crippen molar-refractivity contribution in [2.24, 2.45) is 5.41 Å². The first kappa shape index (κ1) is 32.3. The molecule has 14 heteroatoms. The number of aromatic nitrogens is 5. The van der Waals surface area contributed by atoms with Gasteiger partial charge in [0, 0.05) is 67.4 Å². The van der Waals surface area contributed by atoms with Crippen molar-refractivity contribution in [3.05, 3.63) is 34.9 Å². The number of H-pyrrole nitrogens is 1. The molecule has 252 valence electrons. The second kappa shape index (κ2) is 12.3. The number of nitrogens with zero attached hydrogens (tertiary/aromatic N) is 6. The van der Waals surface area contributed by atoms with Gasteiger partial charge >= 0.3 is 6.01 Å². The van der Waals surface area contributed by atoms with Gasteiger partial charge in [-0.1, -0.05) is 18.5 Å². The van der Waals surface area contributed by atoms with Crippen LogP contribution in [-0.4, -0.2) is 99.7 Å². The average Bonchev–Trinajstić information content (AvgIpc) is 3.60. The summed E-state index contributed by atoms with van der Waals surface area (Å²) in [5, 5.41) is 18.9. The molecule has 3 aliphatic heterocycles. The maximum absolute atomic E-state index is 17.0. The molecule has 0 bridgehead atoms. The molecule has 3 saturated heterocycles. The Morgan fingerprint density at radius 2 is 1.98 bits per heavy atom. The topological polar surface area (TPSA) is 113 Å². The molecule has 0 saturated carbocycles. The summed E-state index contributed by atoms with van der Waals surface area (Å²) in [7, 11) is 1.62. The molecule has 1 aromatic carbocycles. The Hall–Kier alpha value is -3.26. The monoisotopic (exact) mass is 673 g/mol. The number of pyridine rings is 1. The number of hydrogen-bond donors (Lipinski definition) is 2. The molecule has 2 atom stereocenters. The third-order valence-electron chi connectivity index (χ3n) is 10.5. The zero-order chi connectivity index (χ0) is 33.0. The number of aromatic amines is 1. The summed E-state index contributed by atoms with van der Waals surface area (Å²) >= 11 is 6.76. The van der Waals surface area contributed by atoms with E-state index < -0.39 is 17.3 Å². The molecule has 3 fully saturated rings. The van der Waals surface area contributed by atoms with Gasteiger partial charge in [-0.3, -0.25) is 15.0 Å². The van der Waals surface area contributed by atoms with Crippen LogP contribution in [0, 0.1) is 11.2 Å². The van der Waals surface area contributed by atoms with Gasteiger partial charge in [0.1, 0.15) is 23.6 Å². The van der Waals surface area contributed by atoms with Crippen LogP contribution in [0.3, 0.4) is 0 Å². The van der Waals surface area contributed by atoms with E-state index in [1.165, 1.54) is 0 Å². The quantitative estimate of drug-likeness (QED) is 0.191. The van der Waals surface area contributed by atoms with E-state index in [1.54, 1.807) is 30.5 Å². The first-order valence-electron chi connectivity index (χ1n) is 16.2. The Morgan fingerprint density at radius 1 is 1.13 bits per heavy atom. The van der Waals surface area contributed by atoms with Gasteiger partial charge in [-0.15, -0.1) is 0 Å². The van der Waals surface area contributed by atoms with E-state index in [4.69, 9.17) is 26.1 Å². The number of aliphatic hydroxyl groups excluding tert-OH is 1.